The molecular weight excluding hydrogens is 298 g/mol. The van der Waals surface area contributed by atoms with E-state index in [1.807, 2.05) is 45.2 Å². The van der Waals surface area contributed by atoms with Crippen molar-refractivity contribution < 1.29 is 9.90 Å². The summed E-state index contributed by atoms with van der Waals surface area (Å²) in [4.78, 5) is 16.4. The quantitative estimate of drug-likeness (QED) is 0.800. The van der Waals surface area contributed by atoms with Crippen LogP contribution in [0.4, 0.5) is 0 Å². The lowest BCUT2D eigenvalue weighted by Crippen LogP contribution is -2.30. The molecule has 5 nitrogen and oxygen atoms in total. The van der Waals surface area contributed by atoms with Gasteiger partial charge in [-0.1, -0.05) is 41.6 Å². The van der Waals surface area contributed by atoms with Crippen LogP contribution in [0.2, 0.25) is 0 Å². The van der Waals surface area contributed by atoms with E-state index in [4.69, 9.17) is 5.11 Å². The fraction of sp³-hybridized carbons (Fsp3) is 0.375. The summed E-state index contributed by atoms with van der Waals surface area (Å²) in [6, 6.07) is 8.09. The van der Waals surface area contributed by atoms with Gasteiger partial charge in [-0.05, 0) is 19.4 Å². The molecule has 1 amide bonds. The Hall–Kier alpha value is -1.79. The summed E-state index contributed by atoms with van der Waals surface area (Å²) in [5.41, 5.74) is 3.01. The number of aromatic nitrogens is 2. The van der Waals surface area contributed by atoms with E-state index in [9.17, 15) is 4.79 Å². The second-order valence-corrected chi connectivity index (χ2v) is 6.52. The van der Waals surface area contributed by atoms with Crippen molar-refractivity contribution in [1.82, 2.24) is 14.9 Å². The zero-order chi connectivity index (χ0) is 16.1. The van der Waals surface area contributed by atoms with Gasteiger partial charge in [-0.15, -0.1) is 0 Å². The normalized spacial score (nSPS) is 12.2. The van der Waals surface area contributed by atoms with Crippen LogP contribution < -0.4 is 5.32 Å². The number of imidazole rings is 1. The van der Waals surface area contributed by atoms with Crippen molar-refractivity contribution in [2.75, 3.05) is 0 Å². The Morgan fingerprint density at radius 2 is 2.09 bits per heavy atom. The van der Waals surface area contributed by atoms with E-state index in [-0.39, 0.29) is 17.8 Å². The Morgan fingerprint density at radius 1 is 1.41 bits per heavy atom. The molecule has 1 aromatic carbocycles. The van der Waals surface area contributed by atoms with Gasteiger partial charge >= 0.3 is 0 Å². The largest absolute Gasteiger partial charge is 0.390 e. The van der Waals surface area contributed by atoms with Gasteiger partial charge in [0.1, 0.15) is 0 Å². The number of aliphatic hydroxyl groups excluding tert-OH is 1. The van der Waals surface area contributed by atoms with E-state index in [1.54, 1.807) is 10.8 Å². The van der Waals surface area contributed by atoms with Gasteiger partial charge in [-0.25, -0.2) is 4.98 Å². The van der Waals surface area contributed by atoms with Crippen LogP contribution in [0.3, 0.4) is 0 Å². The molecule has 118 valence electrons. The van der Waals surface area contributed by atoms with E-state index >= 15 is 0 Å². The topological polar surface area (TPSA) is 67.2 Å². The van der Waals surface area contributed by atoms with Crippen LogP contribution in [-0.4, -0.2) is 25.8 Å². The summed E-state index contributed by atoms with van der Waals surface area (Å²) in [6.45, 7) is 4.35. The molecule has 22 heavy (non-hydrogen) atoms. The third-order valence-corrected chi connectivity index (χ3v) is 4.60. The monoisotopic (exact) mass is 319 g/mol. The first-order chi connectivity index (χ1) is 10.5. The number of nitrogens with zero attached hydrogens (tertiary/aromatic N) is 2. The van der Waals surface area contributed by atoms with E-state index in [2.05, 4.69) is 10.3 Å². The summed E-state index contributed by atoms with van der Waals surface area (Å²) < 4.78 is 1.80. The van der Waals surface area contributed by atoms with Crippen molar-refractivity contribution in [2.45, 2.75) is 37.4 Å². The molecular formula is C16H21N3O2S. The Bertz CT molecular complexity index is 637. The van der Waals surface area contributed by atoms with Crippen molar-refractivity contribution in [3.05, 3.63) is 47.3 Å². The number of hydrogen-bond acceptors (Lipinski definition) is 4. The number of aryl methyl sites for hydroxylation is 1. The fourth-order valence-electron chi connectivity index (χ4n) is 1.93. The summed E-state index contributed by atoms with van der Waals surface area (Å²) in [5.74, 6) is -0.0286. The Morgan fingerprint density at radius 3 is 2.68 bits per heavy atom. The van der Waals surface area contributed by atoms with Crippen LogP contribution in [0.25, 0.3) is 0 Å². The summed E-state index contributed by atoms with van der Waals surface area (Å²) in [6.07, 6.45) is 1.62. The minimum atomic E-state index is -0.252. The smallest absolute Gasteiger partial charge is 0.233 e. The van der Waals surface area contributed by atoms with Crippen LogP contribution in [0.5, 0.6) is 0 Å². The molecule has 1 aromatic heterocycles. The van der Waals surface area contributed by atoms with Crippen LogP contribution >= 0.6 is 11.8 Å². The molecule has 2 aromatic rings. The molecule has 0 bridgehead atoms. The highest BCUT2D eigenvalue weighted by molar-refractivity contribution is 8.00. The number of nitrogens with one attached hydrogen (secondary N) is 1. The molecule has 0 fully saturated rings. The highest BCUT2D eigenvalue weighted by atomic mass is 32.2. The summed E-state index contributed by atoms with van der Waals surface area (Å²) in [7, 11) is 1.83. The molecule has 0 aliphatic rings. The van der Waals surface area contributed by atoms with Crippen molar-refractivity contribution in [2.24, 2.45) is 7.05 Å². The maximum atomic E-state index is 12.2. The van der Waals surface area contributed by atoms with Crippen molar-refractivity contribution in [3.8, 4) is 0 Å². The fourth-order valence-corrected chi connectivity index (χ4v) is 2.83. The molecule has 0 aliphatic carbocycles. The molecule has 2 N–H and O–H groups in total. The second kappa shape index (κ2) is 7.47. The average molecular weight is 319 g/mol. The Balaban J connectivity index is 1.89. The van der Waals surface area contributed by atoms with Gasteiger partial charge in [0, 0.05) is 13.6 Å². The lowest BCUT2D eigenvalue weighted by Gasteiger charge is -2.12. The third-order valence-electron chi connectivity index (χ3n) is 3.44. The van der Waals surface area contributed by atoms with Gasteiger partial charge in [-0.2, -0.15) is 0 Å². The first kappa shape index (κ1) is 16.6. The molecule has 1 unspecified atom stereocenters. The van der Waals surface area contributed by atoms with E-state index < -0.39 is 0 Å². The number of thioether (sulfide) groups is 1. The number of benzene rings is 1. The predicted octanol–water partition coefficient (Wildman–Crippen LogP) is 2.02. The first-order valence-electron chi connectivity index (χ1n) is 7.12. The Kier molecular flexibility index (Phi) is 5.63. The highest BCUT2D eigenvalue weighted by Crippen LogP contribution is 2.22. The van der Waals surface area contributed by atoms with Crippen LogP contribution in [0, 0.1) is 6.92 Å². The van der Waals surface area contributed by atoms with Gasteiger partial charge in [0.2, 0.25) is 5.91 Å². The summed E-state index contributed by atoms with van der Waals surface area (Å²) in [5, 5.41) is 12.6. The van der Waals surface area contributed by atoms with Gasteiger partial charge in [0.25, 0.3) is 0 Å². The van der Waals surface area contributed by atoms with Crippen LogP contribution in [-0.2, 0) is 25.0 Å². The molecule has 1 heterocycles. The zero-order valence-electron chi connectivity index (χ0n) is 13.0. The number of hydrogen-bond donors (Lipinski definition) is 2. The van der Waals surface area contributed by atoms with Gasteiger partial charge in [-0.3, -0.25) is 4.79 Å². The molecule has 0 aliphatic heterocycles. The molecule has 0 saturated heterocycles. The van der Waals surface area contributed by atoms with Gasteiger partial charge in [0.05, 0.1) is 23.7 Å². The molecule has 0 saturated carbocycles. The molecule has 0 spiro atoms. The molecule has 6 heteroatoms. The number of carbonyl (C=O) groups excluding carboxylic acids is 1. The second-order valence-electron chi connectivity index (χ2n) is 5.21. The van der Waals surface area contributed by atoms with Crippen LogP contribution in [0.15, 0.2) is 35.6 Å². The minimum Gasteiger partial charge on any atom is -0.390 e. The van der Waals surface area contributed by atoms with Crippen LogP contribution in [0.1, 0.15) is 23.7 Å². The number of rotatable bonds is 6. The van der Waals surface area contributed by atoms with E-state index in [0.717, 1.165) is 16.4 Å². The molecule has 2 rings (SSSR count). The van der Waals surface area contributed by atoms with Crippen molar-refractivity contribution in [3.63, 3.8) is 0 Å². The average Bonchev–Trinajstić information content (AvgIpc) is 2.86. The number of amides is 1. The lowest BCUT2D eigenvalue weighted by molar-refractivity contribution is -0.120. The molecule has 1 atom stereocenters. The minimum absolute atomic E-state index is 0.0286. The zero-order valence-corrected chi connectivity index (χ0v) is 13.9. The number of carbonyl (C=O) groups is 1. The maximum Gasteiger partial charge on any atom is 0.233 e. The summed E-state index contributed by atoms with van der Waals surface area (Å²) >= 11 is 1.38. The third kappa shape index (κ3) is 4.11. The van der Waals surface area contributed by atoms with E-state index in [0.29, 0.717) is 6.54 Å². The Labute approximate surface area is 134 Å². The number of aliphatic hydroxyl groups is 1. The predicted molar refractivity (Wildman–Crippen MR) is 87.5 cm³/mol. The van der Waals surface area contributed by atoms with Crippen molar-refractivity contribution in [1.29, 1.82) is 0 Å². The van der Waals surface area contributed by atoms with Crippen molar-refractivity contribution >= 4 is 17.7 Å². The van der Waals surface area contributed by atoms with Gasteiger partial charge in [0.15, 0.2) is 5.16 Å². The maximum absolute atomic E-state index is 12.2. The highest BCUT2D eigenvalue weighted by Gasteiger charge is 2.17. The lowest BCUT2D eigenvalue weighted by atomic mass is 10.1. The standard InChI is InChI=1S/C16H21N3O2S/c1-11-4-6-13(7-5-11)8-17-15(21)12(2)22-16-18-9-14(10-20)19(16)3/h4-7,9,12,20H,8,10H2,1-3H3,(H,17,21). The van der Waals surface area contributed by atoms with E-state index in [1.165, 1.54) is 17.3 Å². The van der Waals surface area contributed by atoms with Gasteiger partial charge < -0.3 is 15.0 Å². The first-order valence-corrected chi connectivity index (χ1v) is 8.00. The molecule has 0 radical (unpaired) electrons. The SMILES string of the molecule is Cc1ccc(CNC(=O)C(C)Sc2ncc(CO)n2C)cc1.